The van der Waals surface area contributed by atoms with Crippen LogP contribution < -0.4 is 30.0 Å². The third kappa shape index (κ3) is 6.59. The minimum Gasteiger partial charge on any atom is -0.494 e. The first-order chi connectivity index (χ1) is 20.8. The summed E-state index contributed by atoms with van der Waals surface area (Å²) in [4.78, 5) is 22.0. The number of methoxy groups -OCH3 is 3. The van der Waals surface area contributed by atoms with Crippen LogP contribution in [0, 0.1) is 22.7 Å². The van der Waals surface area contributed by atoms with E-state index in [0.29, 0.717) is 40.2 Å². The molecule has 0 saturated carbocycles. The first-order valence-electron chi connectivity index (χ1n) is 12.9. The molecule has 220 valence electrons. The smallest absolute Gasteiger partial charge is 0.239 e. The van der Waals surface area contributed by atoms with Gasteiger partial charge in [0.25, 0.3) is 0 Å². The van der Waals surface area contributed by atoms with Gasteiger partial charge in [-0.25, -0.2) is 9.97 Å². The van der Waals surface area contributed by atoms with Crippen molar-refractivity contribution in [3.63, 3.8) is 0 Å². The van der Waals surface area contributed by atoms with Gasteiger partial charge in [-0.1, -0.05) is 11.8 Å². The van der Waals surface area contributed by atoms with Crippen molar-refractivity contribution in [2.75, 3.05) is 39.0 Å². The number of ether oxygens (including phenoxy) is 4. The van der Waals surface area contributed by atoms with Crippen LogP contribution in [0.5, 0.6) is 23.0 Å². The fourth-order valence-corrected chi connectivity index (χ4v) is 5.82. The maximum atomic E-state index is 13.2. The molecule has 0 spiro atoms. The monoisotopic (exact) mass is 616 g/mol. The zero-order chi connectivity index (χ0) is 31.1. The Labute approximate surface area is 257 Å². The van der Waals surface area contributed by atoms with Crippen molar-refractivity contribution in [2.24, 2.45) is 0 Å². The van der Waals surface area contributed by atoms with Gasteiger partial charge in [-0.15, -0.1) is 11.3 Å². The zero-order valence-electron chi connectivity index (χ0n) is 24.0. The largest absolute Gasteiger partial charge is 0.494 e. The number of nitrogens with two attached hydrogens (primary N) is 1. The molecule has 0 radical (unpaired) electrons. The number of hydrogen-bond acceptors (Lipinski definition) is 12. The molecule has 3 N–H and O–H groups in total. The number of aromatic nitrogens is 2. The number of anilines is 2. The Balaban J connectivity index is 1.62. The number of nitrogens with zero attached hydrogens (tertiary/aromatic N) is 4. The van der Waals surface area contributed by atoms with Gasteiger partial charge in [0.15, 0.2) is 16.6 Å². The van der Waals surface area contributed by atoms with E-state index in [1.54, 1.807) is 19.1 Å². The van der Waals surface area contributed by atoms with Crippen molar-refractivity contribution in [2.45, 2.75) is 24.1 Å². The van der Waals surface area contributed by atoms with Crippen LogP contribution in [0.1, 0.15) is 25.0 Å². The third-order valence-electron chi connectivity index (χ3n) is 6.22. The number of nitrogens with one attached hydrogen (secondary N) is 1. The van der Waals surface area contributed by atoms with Gasteiger partial charge in [0.1, 0.15) is 34.3 Å². The van der Waals surface area contributed by atoms with E-state index in [1.165, 1.54) is 32.7 Å². The molecule has 2 aromatic carbocycles. The lowest BCUT2D eigenvalue weighted by Gasteiger charge is -2.18. The third-order valence-corrected chi connectivity index (χ3v) is 8.07. The summed E-state index contributed by atoms with van der Waals surface area (Å²) in [6.07, 6.45) is 0. The lowest BCUT2D eigenvalue weighted by atomic mass is 9.96. The lowest BCUT2D eigenvalue weighted by molar-refractivity contribution is -0.115. The van der Waals surface area contributed by atoms with Gasteiger partial charge in [0.05, 0.1) is 44.4 Å². The highest BCUT2D eigenvalue weighted by molar-refractivity contribution is 8.00. The minimum absolute atomic E-state index is 0.0110. The van der Waals surface area contributed by atoms with Crippen molar-refractivity contribution < 1.29 is 23.7 Å². The standard InChI is InChI=1S/C30H28N6O5S2/c1-6-41-19-9-7-17(8-10-19)22-15-42-30(34-22)36-28(37)16(2)43-29-21(14-32)25(20(13-31)27(33)35-29)18-11-23(38-3)26(40-5)24(12-18)39-4/h7-12,15-16H,6H2,1-5H3,(H2,33,35)(H,34,36,37). The Morgan fingerprint density at radius 3 is 2.23 bits per heavy atom. The molecule has 43 heavy (non-hydrogen) atoms. The van der Waals surface area contributed by atoms with Crippen LogP contribution in [0.15, 0.2) is 46.8 Å². The highest BCUT2D eigenvalue weighted by Gasteiger charge is 2.26. The molecule has 0 aliphatic heterocycles. The van der Waals surface area contributed by atoms with Gasteiger partial charge in [-0.3, -0.25) is 4.79 Å². The number of nitrogen functional groups attached to an aromatic ring is 1. The number of nitriles is 2. The van der Waals surface area contributed by atoms with Crippen molar-refractivity contribution in [1.29, 1.82) is 10.5 Å². The van der Waals surface area contributed by atoms with Crippen LogP contribution in [0.3, 0.4) is 0 Å². The highest BCUT2D eigenvalue weighted by atomic mass is 32.2. The Hall–Kier alpha value is -4.98. The average molecular weight is 617 g/mol. The van der Waals surface area contributed by atoms with E-state index in [2.05, 4.69) is 21.4 Å². The van der Waals surface area contributed by atoms with E-state index in [4.69, 9.17) is 24.7 Å². The number of thiazole rings is 1. The maximum Gasteiger partial charge on any atom is 0.239 e. The first kappa shape index (κ1) is 31.0. The number of benzene rings is 2. The van der Waals surface area contributed by atoms with Crippen LogP contribution in [0.4, 0.5) is 10.9 Å². The van der Waals surface area contributed by atoms with E-state index < -0.39 is 5.25 Å². The van der Waals surface area contributed by atoms with Gasteiger partial charge in [-0.05, 0) is 55.8 Å². The number of hydrogen-bond donors (Lipinski definition) is 2. The number of rotatable bonds is 11. The zero-order valence-corrected chi connectivity index (χ0v) is 25.7. The molecule has 2 aromatic heterocycles. The molecular weight excluding hydrogens is 589 g/mol. The number of amides is 1. The molecule has 4 aromatic rings. The van der Waals surface area contributed by atoms with Crippen molar-refractivity contribution in [3.05, 3.63) is 52.9 Å². The molecule has 11 nitrogen and oxygen atoms in total. The summed E-state index contributed by atoms with van der Waals surface area (Å²) in [6, 6.07) is 15.0. The summed E-state index contributed by atoms with van der Waals surface area (Å²) >= 11 is 2.34. The van der Waals surface area contributed by atoms with Gasteiger partial charge in [0.2, 0.25) is 11.7 Å². The number of pyridine rings is 1. The number of carbonyl (C=O) groups is 1. The van der Waals surface area contributed by atoms with E-state index >= 15 is 0 Å². The number of carbonyl (C=O) groups excluding carboxylic acids is 1. The Morgan fingerprint density at radius 1 is 1.02 bits per heavy atom. The van der Waals surface area contributed by atoms with Crippen molar-refractivity contribution in [1.82, 2.24) is 9.97 Å². The molecule has 4 rings (SSSR count). The maximum absolute atomic E-state index is 13.2. The Kier molecular flexibility index (Phi) is 9.93. The summed E-state index contributed by atoms with van der Waals surface area (Å²) in [6.45, 7) is 4.18. The average Bonchev–Trinajstić information content (AvgIpc) is 3.48. The second-order valence-electron chi connectivity index (χ2n) is 8.81. The van der Waals surface area contributed by atoms with E-state index in [0.717, 1.165) is 23.1 Å². The summed E-state index contributed by atoms with van der Waals surface area (Å²) in [5.74, 6) is 1.34. The Bertz CT molecular complexity index is 1700. The fourth-order valence-electron chi connectivity index (χ4n) is 4.18. The Morgan fingerprint density at radius 2 is 1.67 bits per heavy atom. The molecule has 1 atom stereocenters. The first-order valence-corrected chi connectivity index (χ1v) is 14.6. The van der Waals surface area contributed by atoms with Gasteiger partial charge >= 0.3 is 0 Å². The SMILES string of the molecule is CCOc1ccc(-c2csc(NC(=O)C(C)Sc3nc(N)c(C#N)c(-c4cc(OC)c(OC)c(OC)c4)c3C#N)n2)cc1. The lowest BCUT2D eigenvalue weighted by Crippen LogP contribution is -2.22. The van der Waals surface area contributed by atoms with Crippen LogP contribution in [-0.4, -0.2) is 49.1 Å². The molecule has 2 heterocycles. The van der Waals surface area contributed by atoms with E-state index in [-0.39, 0.29) is 33.4 Å². The van der Waals surface area contributed by atoms with Crippen molar-refractivity contribution >= 4 is 40.0 Å². The second-order valence-corrected chi connectivity index (χ2v) is 11.0. The molecular formula is C30H28N6O5S2. The molecule has 13 heteroatoms. The molecule has 0 fully saturated rings. The molecule has 0 aliphatic rings. The highest BCUT2D eigenvalue weighted by Crippen LogP contribution is 2.44. The number of thioether (sulfide) groups is 1. The topological polar surface area (TPSA) is 165 Å². The molecule has 1 amide bonds. The molecule has 1 unspecified atom stereocenters. The summed E-state index contributed by atoms with van der Waals surface area (Å²) in [5, 5.41) is 24.7. The van der Waals surface area contributed by atoms with Gasteiger partial charge < -0.3 is 30.0 Å². The summed E-state index contributed by atoms with van der Waals surface area (Å²) in [5.41, 5.74) is 8.56. The fraction of sp³-hybridized carbons (Fsp3) is 0.233. The van der Waals surface area contributed by atoms with Crippen molar-refractivity contribution in [3.8, 4) is 57.5 Å². The molecule has 0 aliphatic carbocycles. The minimum atomic E-state index is -0.697. The predicted molar refractivity (Wildman–Crippen MR) is 166 cm³/mol. The molecule has 0 bridgehead atoms. The van der Waals surface area contributed by atoms with E-state index in [1.807, 2.05) is 42.6 Å². The summed E-state index contributed by atoms with van der Waals surface area (Å²) < 4.78 is 21.8. The van der Waals surface area contributed by atoms with Crippen LogP contribution in [0.2, 0.25) is 0 Å². The van der Waals surface area contributed by atoms with Gasteiger partial charge in [0, 0.05) is 16.5 Å². The predicted octanol–water partition coefficient (Wildman–Crippen LogP) is 5.74. The second kappa shape index (κ2) is 13.8. The quantitative estimate of drug-likeness (QED) is 0.197. The van der Waals surface area contributed by atoms with Crippen LogP contribution >= 0.6 is 23.1 Å². The van der Waals surface area contributed by atoms with Crippen LogP contribution in [-0.2, 0) is 4.79 Å². The van der Waals surface area contributed by atoms with Gasteiger partial charge in [-0.2, -0.15) is 10.5 Å². The summed E-state index contributed by atoms with van der Waals surface area (Å²) in [7, 11) is 4.40. The molecule has 0 saturated heterocycles. The van der Waals surface area contributed by atoms with E-state index in [9.17, 15) is 15.3 Å². The van der Waals surface area contributed by atoms with Crippen LogP contribution in [0.25, 0.3) is 22.4 Å². The normalized spacial score (nSPS) is 11.1.